The van der Waals surface area contributed by atoms with E-state index in [9.17, 15) is 102 Å². The number of phenols is 1. The standard InChI is InChI=1S/C83H132N28O22/c1-41(2)32-56(105-71(123)52(19-13-29-94-82(89)90)100-69(121)50(85)35-48-37-93-40-97-48)74(126)102-54(26-27-61(86)116)73(125)110-66(45(7)114)80(132)107-58(34-47-22-24-49(115)25-23-47)81(133)111-31-15-21-60(111)77(129)103-53(20-14-30-95-83(91)92)72(124)109-65(44(6)113)79(131)106-57(36-62(87)117)75(127)108-64(42(3)4)78(130)96-38-63(118)99-59(39-112)76(128)101-51(18-11-12-28-84)70(122)98-43(5)68(120)104-55(67(88)119)33-46-16-9-8-10-17-46/h8-10,16-17,22-25,37,40-45,50-60,64-66,112-115H,11-15,18-21,26-36,38-39,84-85H2,1-7H3,(H2,86,116)(H2,87,117)(H2,88,119)(H,93,97)(H,96,130)(H,98,122)(H,99,118)(H,100,121)(H,101,128)(H,102,126)(H,103,129)(H,104,120)(H,105,123)(H,106,131)(H,107,132)(H,108,127)(H,109,124)(H,110,125)(H4,89,90,94)(H4,91,92,95)/t43-,44+,45+,50-,51-,52-,53-,54-,55-,56-,57-,58-,59-,60-,64-,65-,66-/m0/s1. The van der Waals surface area contributed by atoms with Crippen LogP contribution in [0.25, 0.3) is 0 Å². The molecule has 0 radical (unpaired) electrons. The van der Waals surface area contributed by atoms with Gasteiger partial charge in [0.25, 0.3) is 0 Å². The van der Waals surface area contributed by atoms with E-state index in [0.717, 1.165) is 18.7 Å². The maximum atomic E-state index is 15.2. The third kappa shape index (κ3) is 39.9. The first kappa shape index (κ1) is 112. The number of aliphatic hydroxyl groups excluding tert-OH is 3. The predicted octanol–water partition coefficient (Wildman–Crippen LogP) is -10.4. The first-order valence-corrected chi connectivity index (χ1v) is 43.5. The minimum Gasteiger partial charge on any atom is -0.508 e. The molecular formula is C83H132N28O22. The number of nitrogens with zero attached hydrogens (tertiary/aromatic N) is 2. The van der Waals surface area contributed by atoms with E-state index < -0.39 is 260 Å². The van der Waals surface area contributed by atoms with Gasteiger partial charge in [-0.15, -0.1) is 0 Å². The fourth-order valence-electron chi connectivity index (χ4n) is 13.8. The number of aliphatic hydroxyl groups is 3. The van der Waals surface area contributed by atoms with Crippen molar-refractivity contribution in [2.24, 2.45) is 52.0 Å². The molecule has 17 atom stereocenters. The summed E-state index contributed by atoms with van der Waals surface area (Å²) in [5, 5.41) is 97.3. The molecule has 2 heterocycles. The third-order valence-corrected chi connectivity index (χ3v) is 21.0. The molecule has 18 amide bonds. The minimum atomic E-state index is -2.04. The number of phenolic OH excluding ortho intramolecular Hbond substituents is 1. The minimum absolute atomic E-state index is 0.0252. The van der Waals surface area contributed by atoms with E-state index in [-0.39, 0.29) is 114 Å². The Bertz CT molecular complexity index is 4450. The lowest BCUT2D eigenvalue weighted by Gasteiger charge is -2.32. The first-order chi connectivity index (χ1) is 62.7. The van der Waals surface area contributed by atoms with Crippen LogP contribution in [-0.2, 0) is 106 Å². The van der Waals surface area contributed by atoms with Gasteiger partial charge in [0, 0.05) is 51.5 Å². The molecule has 0 bridgehead atoms. The van der Waals surface area contributed by atoms with Gasteiger partial charge >= 0.3 is 0 Å². The van der Waals surface area contributed by atoms with Gasteiger partial charge in [-0.1, -0.05) is 70.2 Å². The maximum absolute atomic E-state index is 15.2. The van der Waals surface area contributed by atoms with E-state index in [1.54, 1.807) is 44.2 Å². The van der Waals surface area contributed by atoms with Crippen molar-refractivity contribution in [2.45, 2.75) is 254 Å². The molecule has 1 aromatic heterocycles. The molecule has 133 heavy (non-hydrogen) atoms. The van der Waals surface area contributed by atoms with Crippen molar-refractivity contribution in [3.05, 3.63) is 83.9 Å². The van der Waals surface area contributed by atoms with Crippen LogP contribution < -0.4 is 125 Å². The highest BCUT2D eigenvalue weighted by Crippen LogP contribution is 2.23. The Morgan fingerprint density at radius 2 is 0.962 bits per heavy atom. The lowest BCUT2D eigenvalue weighted by molar-refractivity contribution is -0.143. The average Bonchev–Trinajstić information content (AvgIpc) is 1.70. The molecule has 0 unspecified atom stereocenters. The summed E-state index contributed by atoms with van der Waals surface area (Å²) in [7, 11) is 0. The van der Waals surface area contributed by atoms with E-state index in [2.05, 4.69) is 95.0 Å². The number of amides is 18. The molecular weight excluding hydrogens is 1740 g/mol. The zero-order valence-corrected chi connectivity index (χ0v) is 75.5. The summed E-state index contributed by atoms with van der Waals surface area (Å²) >= 11 is 0. The molecule has 1 fully saturated rings. The molecule has 2 aromatic carbocycles. The van der Waals surface area contributed by atoms with Gasteiger partial charge in [-0.3, -0.25) is 97.1 Å². The van der Waals surface area contributed by atoms with Crippen molar-refractivity contribution >= 4 is 118 Å². The number of imidazole rings is 1. The normalized spacial score (nSPS) is 15.9. The number of aromatic hydroxyl groups is 1. The van der Waals surface area contributed by atoms with Gasteiger partial charge in [0.05, 0.1) is 49.8 Å². The van der Waals surface area contributed by atoms with Crippen LogP contribution in [0.2, 0.25) is 0 Å². The Balaban J connectivity index is 1.53. The number of hydrogen-bond donors (Lipinski definition) is 30. The summed E-state index contributed by atoms with van der Waals surface area (Å²) < 4.78 is 0. The molecule has 37 N–H and O–H groups in total. The molecule has 50 heteroatoms. The van der Waals surface area contributed by atoms with Crippen molar-refractivity contribution in [3.63, 3.8) is 0 Å². The Kier molecular flexibility index (Phi) is 47.6. The Morgan fingerprint density at radius 1 is 0.489 bits per heavy atom. The fourth-order valence-corrected chi connectivity index (χ4v) is 13.8. The van der Waals surface area contributed by atoms with Crippen LogP contribution >= 0.6 is 0 Å². The van der Waals surface area contributed by atoms with Crippen LogP contribution in [0.15, 0.2) is 67.1 Å². The number of rotatable bonds is 59. The number of carbonyl (C=O) groups excluding carboxylic acids is 18. The lowest BCUT2D eigenvalue weighted by atomic mass is 10.0. The number of primary amides is 3. The molecule has 0 saturated carbocycles. The highest BCUT2D eigenvalue weighted by atomic mass is 16.3. The Hall–Kier alpha value is -13.7. The molecule has 4 rings (SSSR count). The number of nitrogens with two attached hydrogens (primary N) is 7. The fraction of sp³-hybridized carbons (Fsp3) is 0.578. The highest BCUT2D eigenvalue weighted by molar-refractivity contribution is 6.02. The van der Waals surface area contributed by atoms with Crippen molar-refractivity contribution in [1.29, 1.82) is 10.8 Å². The van der Waals surface area contributed by atoms with E-state index in [1.165, 1.54) is 57.6 Å². The number of benzene rings is 2. The number of likely N-dealkylation sites (tertiary alicyclic amines) is 1. The van der Waals surface area contributed by atoms with E-state index in [1.807, 2.05) is 0 Å². The van der Waals surface area contributed by atoms with Gasteiger partial charge < -0.3 is 156 Å². The summed E-state index contributed by atoms with van der Waals surface area (Å²) in [4.78, 5) is 257. The second-order valence-electron chi connectivity index (χ2n) is 33.0. The molecule has 736 valence electrons. The SMILES string of the molecule is CC(C)C[C@H](NC(=O)[C@H](CCCNC(=N)N)NC(=O)[C@@H](N)Cc1c[nH]cn1)C(=O)N[C@@H](CCC(N)=O)C(=O)N[C@H](C(=O)N[C@@H](Cc1ccc(O)cc1)C(=O)N1CCC[C@H]1C(=O)N[C@@H](CCCNC(=N)N)C(=O)N[C@H](C(=O)N[C@@H](CC(N)=O)C(=O)N[C@H](C(=O)NCC(=O)N[C@@H](CO)C(=O)N[C@@H](CCCCN)C(=O)N[C@@H](C)C(=O)N[C@@H](Cc1ccccc1)C(N)=O)C(C)C)[C@@H](C)O)[C@@H](C)O. The number of H-pyrrole nitrogens is 1. The Labute approximate surface area is 767 Å². The number of nitrogens with one attached hydrogen (secondary N) is 19. The zero-order valence-electron chi connectivity index (χ0n) is 75.5. The quantitative estimate of drug-likeness (QED) is 0.0142. The smallest absolute Gasteiger partial charge is 0.246 e. The largest absolute Gasteiger partial charge is 0.508 e. The molecule has 0 aliphatic carbocycles. The molecule has 0 spiro atoms. The molecule has 3 aromatic rings. The van der Waals surface area contributed by atoms with Crippen LogP contribution in [0.5, 0.6) is 5.75 Å². The summed E-state index contributed by atoms with van der Waals surface area (Å²) in [6.45, 7) is 7.88. The molecule has 50 nitrogen and oxygen atoms in total. The third-order valence-electron chi connectivity index (χ3n) is 21.0. The van der Waals surface area contributed by atoms with Gasteiger partial charge in [0.2, 0.25) is 106 Å². The van der Waals surface area contributed by atoms with Gasteiger partial charge in [-0.2, -0.15) is 0 Å². The monoisotopic (exact) mass is 1870 g/mol. The van der Waals surface area contributed by atoms with Crippen LogP contribution in [0, 0.1) is 22.7 Å². The maximum Gasteiger partial charge on any atom is 0.246 e. The number of guanidine groups is 2. The second-order valence-corrected chi connectivity index (χ2v) is 33.0. The number of aromatic nitrogens is 2. The van der Waals surface area contributed by atoms with Crippen molar-refractivity contribution in [3.8, 4) is 5.75 Å². The van der Waals surface area contributed by atoms with Crippen LogP contribution in [0.4, 0.5) is 0 Å². The van der Waals surface area contributed by atoms with Gasteiger partial charge in [0.1, 0.15) is 90.3 Å². The van der Waals surface area contributed by atoms with E-state index in [0.29, 0.717) is 23.2 Å². The van der Waals surface area contributed by atoms with Crippen molar-refractivity contribution in [1.82, 2.24) is 99.9 Å². The average molecular weight is 1870 g/mol. The Morgan fingerprint density at radius 3 is 1.47 bits per heavy atom. The topological polar surface area (TPSA) is 842 Å². The van der Waals surface area contributed by atoms with E-state index >= 15 is 4.79 Å². The van der Waals surface area contributed by atoms with E-state index in [4.69, 9.17) is 51.0 Å². The number of aromatic amines is 1. The highest BCUT2D eigenvalue weighted by Gasteiger charge is 2.43. The predicted molar refractivity (Wildman–Crippen MR) is 478 cm³/mol. The van der Waals surface area contributed by atoms with Crippen molar-refractivity contribution in [2.75, 3.05) is 39.3 Å². The molecule has 1 aliphatic heterocycles. The molecule has 1 saturated heterocycles. The summed E-state index contributed by atoms with van der Waals surface area (Å²) in [6.07, 6.45) is -2.83. The first-order valence-electron chi connectivity index (χ1n) is 43.5. The van der Waals surface area contributed by atoms with Crippen LogP contribution in [-0.4, -0.2) is 296 Å². The number of hydrogen-bond acceptors (Lipinski definition) is 27. The second kappa shape index (κ2) is 56.8. The zero-order chi connectivity index (χ0) is 99.5. The number of carbonyl (C=O) groups is 18. The lowest BCUT2D eigenvalue weighted by Crippen LogP contribution is -2.63. The van der Waals surface area contributed by atoms with Crippen molar-refractivity contribution < 1.29 is 107 Å². The van der Waals surface area contributed by atoms with Crippen LogP contribution in [0.1, 0.15) is 149 Å². The van der Waals surface area contributed by atoms with Gasteiger partial charge in [-0.05, 0) is 133 Å². The summed E-state index contributed by atoms with van der Waals surface area (Å²) in [6, 6.07) is -9.68. The summed E-state index contributed by atoms with van der Waals surface area (Å²) in [5.74, 6) is -20.8. The number of unbranched alkanes of at least 4 members (excludes halogenated alkanes) is 1. The molecule has 1 aliphatic rings. The van der Waals surface area contributed by atoms with Crippen LogP contribution in [0.3, 0.4) is 0 Å². The van der Waals surface area contributed by atoms with Gasteiger partial charge in [-0.25, -0.2) is 4.98 Å². The summed E-state index contributed by atoms with van der Waals surface area (Å²) in [5.41, 5.74) is 40.9. The van der Waals surface area contributed by atoms with Gasteiger partial charge in [0.15, 0.2) is 11.9 Å².